The van der Waals surface area contributed by atoms with E-state index < -0.39 is 4.33 Å². The van der Waals surface area contributed by atoms with Gasteiger partial charge in [0.2, 0.25) is 0 Å². The molecule has 24 heavy (non-hydrogen) atoms. The molecule has 7 unspecified atom stereocenters. The zero-order chi connectivity index (χ0) is 17.0. The summed E-state index contributed by atoms with van der Waals surface area (Å²) in [6.07, 6.45) is 14.0. The first-order valence-electron chi connectivity index (χ1n) is 10.7. The molecule has 0 aromatic heterocycles. The van der Waals surface area contributed by atoms with E-state index in [1.165, 1.54) is 57.8 Å². The van der Waals surface area contributed by atoms with Crippen LogP contribution in [0.3, 0.4) is 0 Å². The lowest BCUT2D eigenvalue weighted by Crippen LogP contribution is -2.41. The Morgan fingerprint density at radius 3 is 2.42 bits per heavy atom. The molecule has 0 N–H and O–H groups in total. The Kier molecular flexibility index (Phi) is 3.41. The van der Waals surface area contributed by atoms with Crippen molar-refractivity contribution >= 4 is 23.2 Å². The second-order valence-corrected chi connectivity index (χ2v) is 12.0. The van der Waals surface area contributed by atoms with Gasteiger partial charge < -0.3 is 0 Å². The Balaban J connectivity index is 1.63. The zero-order valence-electron chi connectivity index (χ0n) is 15.7. The van der Waals surface area contributed by atoms with Gasteiger partial charge in [-0.1, -0.05) is 40.0 Å². The Hall–Kier alpha value is 0.580. The molecule has 0 amide bonds. The Bertz CT molecular complexity index is 556. The van der Waals surface area contributed by atoms with Gasteiger partial charge in [-0.05, 0) is 85.4 Å². The second kappa shape index (κ2) is 4.89. The largest absolute Gasteiger partial charge is 0.124 e. The highest BCUT2D eigenvalue weighted by Gasteiger charge is 2.81. The van der Waals surface area contributed by atoms with Crippen molar-refractivity contribution in [1.82, 2.24) is 0 Å². The van der Waals surface area contributed by atoms with Crippen LogP contribution in [0.5, 0.6) is 0 Å². The predicted molar refractivity (Wildman–Crippen MR) is 102 cm³/mol. The lowest BCUT2D eigenvalue weighted by molar-refractivity contribution is 0.00205. The molecule has 5 saturated carbocycles. The molecule has 8 atom stereocenters. The number of alkyl halides is 2. The monoisotopic (exact) mass is 368 g/mol. The summed E-state index contributed by atoms with van der Waals surface area (Å²) >= 11 is 13.5. The average molecular weight is 369 g/mol. The minimum Gasteiger partial charge on any atom is -0.101 e. The highest BCUT2D eigenvalue weighted by atomic mass is 35.5. The normalized spacial score (nSPS) is 60.1. The summed E-state index contributed by atoms with van der Waals surface area (Å²) in [4.78, 5) is 0. The Morgan fingerprint density at radius 1 is 1.04 bits per heavy atom. The van der Waals surface area contributed by atoms with Crippen molar-refractivity contribution in [2.75, 3.05) is 0 Å². The first-order valence-corrected chi connectivity index (χ1v) is 11.5. The van der Waals surface area contributed by atoms with Crippen LogP contribution in [-0.2, 0) is 0 Å². The van der Waals surface area contributed by atoms with Gasteiger partial charge in [-0.2, -0.15) is 0 Å². The summed E-state index contributed by atoms with van der Waals surface area (Å²) in [5, 5.41) is 0. The van der Waals surface area contributed by atoms with Crippen LogP contribution in [0.2, 0.25) is 0 Å². The lowest BCUT2D eigenvalue weighted by atomic mass is 9.56. The van der Waals surface area contributed by atoms with E-state index in [1.54, 1.807) is 0 Å². The maximum absolute atomic E-state index is 6.76. The standard InChI is InChI=1S/C22H34Cl2/c1-4-16-18-14(3)7-6-10-19(18,5-2)17-9-8-15-11-20(16,17)12-21(15)13-22(21,23)24/h14-18H,4-13H2,1-3H3/t14?,15?,16?,17?,18?,19?,20?,21-/m0/s1. The van der Waals surface area contributed by atoms with Crippen molar-refractivity contribution in [3.63, 3.8) is 0 Å². The van der Waals surface area contributed by atoms with Gasteiger partial charge in [0.15, 0.2) is 0 Å². The number of hydrogen-bond donors (Lipinski definition) is 0. The molecule has 0 aliphatic heterocycles. The maximum Gasteiger partial charge on any atom is 0.124 e. The third-order valence-electron chi connectivity index (χ3n) is 10.2. The van der Waals surface area contributed by atoms with Gasteiger partial charge in [0, 0.05) is 5.41 Å². The van der Waals surface area contributed by atoms with Gasteiger partial charge in [0.25, 0.3) is 0 Å². The van der Waals surface area contributed by atoms with Crippen molar-refractivity contribution in [3.8, 4) is 0 Å². The van der Waals surface area contributed by atoms with Crippen LogP contribution in [-0.4, -0.2) is 4.33 Å². The quantitative estimate of drug-likeness (QED) is 0.450. The van der Waals surface area contributed by atoms with Gasteiger partial charge in [-0.15, -0.1) is 23.2 Å². The molecule has 5 fully saturated rings. The number of rotatable bonds is 2. The van der Waals surface area contributed by atoms with E-state index in [4.69, 9.17) is 23.2 Å². The van der Waals surface area contributed by atoms with Gasteiger partial charge >= 0.3 is 0 Å². The molecule has 0 aromatic carbocycles. The summed E-state index contributed by atoms with van der Waals surface area (Å²) in [6, 6.07) is 0. The van der Waals surface area contributed by atoms with E-state index in [1.807, 2.05) is 0 Å². The minimum atomic E-state index is -0.396. The summed E-state index contributed by atoms with van der Waals surface area (Å²) < 4.78 is -0.396. The van der Waals surface area contributed by atoms with Crippen molar-refractivity contribution in [3.05, 3.63) is 0 Å². The highest BCUT2D eigenvalue weighted by molar-refractivity contribution is 6.51. The Morgan fingerprint density at radius 2 is 1.79 bits per heavy atom. The van der Waals surface area contributed by atoms with Crippen LogP contribution < -0.4 is 0 Å². The van der Waals surface area contributed by atoms with E-state index in [0.29, 0.717) is 16.2 Å². The molecule has 2 heteroatoms. The fourth-order valence-corrected chi connectivity index (χ4v) is 10.6. The van der Waals surface area contributed by atoms with E-state index in [0.717, 1.165) is 36.0 Å². The van der Waals surface area contributed by atoms with Crippen LogP contribution in [0.1, 0.15) is 85.0 Å². The van der Waals surface area contributed by atoms with Crippen molar-refractivity contribution in [2.24, 2.45) is 45.8 Å². The van der Waals surface area contributed by atoms with Gasteiger partial charge in [-0.25, -0.2) is 0 Å². The van der Waals surface area contributed by atoms with Gasteiger partial charge in [0.1, 0.15) is 4.33 Å². The lowest BCUT2D eigenvalue weighted by Gasteiger charge is -2.49. The van der Waals surface area contributed by atoms with E-state index in [-0.39, 0.29) is 0 Å². The molecule has 0 heterocycles. The van der Waals surface area contributed by atoms with Crippen molar-refractivity contribution in [1.29, 1.82) is 0 Å². The van der Waals surface area contributed by atoms with Gasteiger partial charge in [-0.3, -0.25) is 0 Å². The van der Waals surface area contributed by atoms with Crippen LogP contribution in [0, 0.1) is 45.8 Å². The third kappa shape index (κ3) is 1.66. The molecule has 136 valence electrons. The fraction of sp³-hybridized carbons (Fsp3) is 1.00. The minimum absolute atomic E-state index is 0.296. The molecular weight excluding hydrogens is 335 g/mol. The van der Waals surface area contributed by atoms with Crippen LogP contribution in [0.25, 0.3) is 0 Å². The topological polar surface area (TPSA) is 0 Å². The number of hydrogen-bond acceptors (Lipinski definition) is 0. The Labute approximate surface area is 158 Å². The molecular formula is C22H34Cl2. The van der Waals surface area contributed by atoms with E-state index in [2.05, 4.69) is 20.8 Å². The summed E-state index contributed by atoms with van der Waals surface area (Å²) in [6.45, 7) is 7.58. The molecule has 2 spiro atoms. The van der Waals surface area contributed by atoms with Crippen LogP contribution in [0.15, 0.2) is 0 Å². The van der Waals surface area contributed by atoms with Gasteiger partial charge in [0.05, 0.1) is 0 Å². The number of fused-ring (bicyclic) bond motifs is 4. The molecule has 5 rings (SSSR count). The van der Waals surface area contributed by atoms with Crippen molar-refractivity contribution in [2.45, 2.75) is 89.3 Å². The molecule has 5 aliphatic carbocycles. The van der Waals surface area contributed by atoms with Crippen LogP contribution in [0.4, 0.5) is 0 Å². The summed E-state index contributed by atoms with van der Waals surface area (Å²) in [5.74, 6) is 4.62. The first-order chi connectivity index (χ1) is 11.4. The number of halogens is 2. The molecule has 0 radical (unpaired) electrons. The second-order valence-electron chi connectivity index (χ2n) is 10.5. The van der Waals surface area contributed by atoms with Crippen LogP contribution >= 0.6 is 23.2 Å². The molecule has 0 aromatic rings. The predicted octanol–water partition coefficient (Wildman–Crippen LogP) is 7.23. The molecule has 0 saturated heterocycles. The zero-order valence-corrected chi connectivity index (χ0v) is 17.2. The summed E-state index contributed by atoms with van der Waals surface area (Å²) in [7, 11) is 0. The average Bonchev–Trinajstić information content (AvgIpc) is 2.88. The van der Waals surface area contributed by atoms with E-state index >= 15 is 0 Å². The SMILES string of the molecule is CCC1C2C(C)CCCC2(CC)C2CCC3CC12C[C@]31CC1(Cl)Cl. The summed E-state index contributed by atoms with van der Waals surface area (Å²) in [5.41, 5.74) is 1.53. The fourth-order valence-electron chi connectivity index (χ4n) is 9.69. The molecule has 0 nitrogen and oxygen atoms in total. The third-order valence-corrected chi connectivity index (χ3v) is 11.3. The molecule has 2 bridgehead atoms. The first kappa shape index (κ1) is 16.7. The maximum atomic E-state index is 6.76. The van der Waals surface area contributed by atoms with Crippen molar-refractivity contribution < 1.29 is 0 Å². The highest BCUT2D eigenvalue weighted by Crippen LogP contribution is 2.86. The smallest absolute Gasteiger partial charge is 0.101 e. The molecule has 5 aliphatic rings. The van der Waals surface area contributed by atoms with E-state index in [9.17, 15) is 0 Å².